The van der Waals surface area contributed by atoms with Gasteiger partial charge in [0.15, 0.2) is 0 Å². The number of nitrogens with zero attached hydrogens (tertiary/aromatic N) is 3. The maximum absolute atomic E-state index is 12.6. The van der Waals surface area contributed by atoms with Gasteiger partial charge in [0.25, 0.3) is 5.91 Å². The van der Waals surface area contributed by atoms with Crippen LogP contribution in [0.3, 0.4) is 0 Å². The summed E-state index contributed by atoms with van der Waals surface area (Å²) in [6.45, 7) is 0. The van der Waals surface area contributed by atoms with Gasteiger partial charge in [0.05, 0.1) is 12.0 Å². The predicted molar refractivity (Wildman–Crippen MR) is 110 cm³/mol. The lowest BCUT2D eigenvalue weighted by atomic mass is 10.0. The molecule has 0 aliphatic carbocycles. The molecule has 1 aromatic heterocycles. The number of hydrogen-bond donors (Lipinski definition) is 1. The van der Waals surface area contributed by atoms with E-state index < -0.39 is 0 Å². The fourth-order valence-electron chi connectivity index (χ4n) is 2.86. The number of carbonyl (C=O) groups excluding carboxylic acids is 1. The van der Waals surface area contributed by atoms with Gasteiger partial charge >= 0.3 is 0 Å². The highest BCUT2D eigenvalue weighted by atomic mass is 16.2. The van der Waals surface area contributed by atoms with Gasteiger partial charge in [-0.2, -0.15) is 5.10 Å². The second-order valence-electron chi connectivity index (χ2n) is 6.15. The van der Waals surface area contributed by atoms with E-state index in [-0.39, 0.29) is 5.91 Å². The molecule has 4 rings (SSSR count). The number of hydrazone groups is 1. The molecular weight excluding hydrogens is 348 g/mol. The molecule has 5 heteroatoms. The Morgan fingerprint density at radius 1 is 0.786 bits per heavy atom. The Bertz CT molecular complexity index is 1030. The molecule has 4 aromatic rings. The van der Waals surface area contributed by atoms with Crippen LogP contribution in [0.15, 0.2) is 109 Å². The molecule has 0 atom stereocenters. The zero-order valence-electron chi connectivity index (χ0n) is 15.1. The monoisotopic (exact) mass is 366 g/mol. The first kappa shape index (κ1) is 17.4. The van der Waals surface area contributed by atoms with Gasteiger partial charge in [0.2, 0.25) is 0 Å². The first-order chi connectivity index (χ1) is 13.8. The van der Waals surface area contributed by atoms with E-state index in [0.29, 0.717) is 11.3 Å². The lowest BCUT2D eigenvalue weighted by molar-refractivity contribution is 0.0955. The number of aromatic nitrogens is 2. The van der Waals surface area contributed by atoms with Crippen molar-refractivity contribution in [1.29, 1.82) is 0 Å². The van der Waals surface area contributed by atoms with Crippen molar-refractivity contribution in [3.8, 4) is 5.69 Å². The Labute approximate surface area is 163 Å². The van der Waals surface area contributed by atoms with Crippen LogP contribution in [0.4, 0.5) is 0 Å². The van der Waals surface area contributed by atoms with Gasteiger partial charge in [-0.05, 0) is 24.3 Å². The largest absolute Gasteiger partial charge is 0.306 e. The quantitative estimate of drug-likeness (QED) is 0.428. The highest BCUT2D eigenvalue weighted by Gasteiger charge is 2.09. The summed E-state index contributed by atoms with van der Waals surface area (Å²) in [6.07, 6.45) is 5.28. The summed E-state index contributed by atoms with van der Waals surface area (Å²) >= 11 is 0. The van der Waals surface area contributed by atoms with E-state index in [1.807, 2.05) is 83.6 Å². The lowest BCUT2D eigenvalue weighted by Crippen LogP contribution is -2.20. The van der Waals surface area contributed by atoms with Crippen LogP contribution in [0.25, 0.3) is 5.69 Å². The SMILES string of the molecule is O=C(NN=C(c1ccccc1)c1ccccc1)c1ccc(-n2ccnc2)cc1. The molecule has 1 N–H and O–H groups in total. The summed E-state index contributed by atoms with van der Waals surface area (Å²) in [5.41, 5.74) is 6.73. The summed E-state index contributed by atoms with van der Waals surface area (Å²) in [5.74, 6) is -0.262. The second-order valence-corrected chi connectivity index (χ2v) is 6.15. The van der Waals surface area contributed by atoms with E-state index in [9.17, 15) is 4.79 Å². The third kappa shape index (κ3) is 3.88. The third-order valence-corrected chi connectivity index (χ3v) is 4.30. The van der Waals surface area contributed by atoms with Crippen molar-refractivity contribution in [2.45, 2.75) is 0 Å². The average Bonchev–Trinajstić information content (AvgIpc) is 3.30. The number of imidazole rings is 1. The highest BCUT2D eigenvalue weighted by molar-refractivity contribution is 6.13. The minimum absolute atomic E-state index is 0.262. The van der Waals surface area contributed by atoms with Crippen LogP contribution in [-0.2, 0) is 0 Å². The molecule has 1 amide bonds. The van der Waals surface area contributed by atoms with Gasteiger partial charge in [-0.25, -0.2) is 10.4 Å². The summed E-state index contributed by atoms with van der Waals surface area (Å²) in [6, 6.07) is 26.9. The van der Waals surface area contributed by atoms with Gasteiger partial charge in [-0.3, -0.25) is 4.79 Å². The number of hydrogen-bond acceptors (Lipinski definition) is 3. The fourth-order valence-corrected chi connectivity index (χ4v) is 2.86. The molecule has 0 bridgehead atoms. The van der Waals surface area contributed by atoms with E-state index in [1.54, 1.807) is 24.7 Å². The van der Waals surface area contributed by atoms with Gasteiger partial charge in [-0.15, -0.1) is 0 Å². The van der Waals surface area contributed by atoms with Crippen molar-refractivity contribution in [3.63, 3.8) is 0 Å². The van der Waals surface area contributed by atoms with E-state index in [2.05, 4.69) is 15.5 Å². The van der Waals surface area contributed by atoms with Crippen molar-refractivity contribution in [3.05, 3.63) is 120 Å². The summed E-state index contributed by atoms with van der Waals surface area (Å²) < 4.78 is 1.88. The normalized spacial score (nSPS) is 10.3. The molecule has 3 aromatic carbocycles. The fraction of sp³-hybridized carbons (Fsp3) is 0. The molecule has 0 saturated heterocycles. The van der Waals surface area contributed by atoms with Gasteiger partial charge < -0.3 is 4.57 Å². The molecule has 5 nitrogen and oxygen atoms in total. The third-order valence-electron chi connectivity index (χ3n) is 4.30. The van der Waals surface area contributed by atoms with Gasteiger partial charge in [0, 0.05) is 34.8 Å². The molecule has 0 spiro atoms. The molecule has 136 valence electrons. The van der Waals surface area contributed by atoms with Crippen LogP contribution in [0.1, 0.15) is 21.5 Å². The van der Waals surface area contributed by atoms with Crippen LogP contribution < -0.4 is 5.43 Å². The smallest absolute Gasteiger partial charge is 0.271 e. The van der Waals surface area contributed by atoms with Crippen molar-refractivity contribution >= 4 is 11.6 Å². The Morgan fingerprint density at radius 3 is 1.93 bits per heavy atom. The minimum Gasteiger partial charge on any atom is -0.306 e. The molecule has 0 aliphatic rings. The van der Waals surface area contributed by atoms with Gasteiger partial charge in [-0.1, -0.05) is 60.7 Å². The molecular formula is C23H18N4O. The first-order valence-electron chi connectivity index (χ1n) is 8.88. The molecule has 0 aliphatic heterocycles. The van der Waals surface area contributed by atoms with Crippen molar-refractivity contribution in [2.75, 3.05) is 0 Å². The second kappa shape index (κ2) is 8.14. The van der Waals surface area contributed by atoms with Crippen molar-refractivity contribution in [1.82, 2.24) is 15.0 Å². The van der Waals surface area contributed by atoms with Crippen LogP contribution in [0, 0.1) is 0 Å². The number of carbonyl (C=O) groups is 1. The average molecular weight is 366 g/mol. The molecule has 1 heterocycles. The summed E-state index contributed by atoms with van der Waals surface area (Å²) in [7, 11) is 0. The maximum atomic E-state index is 12.6. The lowest BCUT2D eigenvalue weighted by Gasteiger charge is -2.08. The van der Waals surface area contributed by atoms with E-state index >= 15 is 0 Å². The number of amides is 1. The molecule has 28 heavy (non-hydrogen) atoms. The van der Waals surface area contributed by atoms with E-state index in [1.165, 1.54) is 0 Å². The Kier molecular flexibility index (Phi) is 5.06. The van der Waals surface area contributed by atoms with Gasteiger partial charge in [0.1, 0.15) is 0 Å². The molecule has 0 fully saturated rings. The number of benzene rings is 3. The zero-order valence-corrected chi connectivity index (χ0v) is 15.1. The van der Waals surface area contributed by atoms with E-state index in [0.717, 1.165) is 16.8 Å². The van der Waals surface area contributed by atoms with E-state index in [4.69, 9.17) is 0 Å². The van der Waals surface area contributed by atoms with Crippen LogP contribution in [-0.4, -0.2) is 21.2 Å². The number of nitrogens with one attached hydrogen (secondary N) is 1. The Morgan fingerprint density at radius 2 is 1.39 bits per heavy atom. The summed E-state index contributed by atoms with van der Waals surface area (Å²) in [4.78, 5) is 16.6. The van der Waals surface area contributed by atoms with Crippen LogP contribution >= 0.6 is 0 Å². The summed E-state index contributed by atoms with van der Waals surface area (Å²) in [5, 5.41) is 4.41. The maximum Gasteiger partial charge on any atom is 0.271 e. The molecule has 0 saturated carbocycles. The zero-order chi connectivity index (χ0) is 19.2. The highest BCUT2D eigenvalue weighted by Crippen LogP contribution is 2.12. The Balaban J connectivity index is 1.57. The molecule has 0 radical (unpaired) electrons. The Hall–Kier alpha value is -3.99. The van der Waals surface area contributed by atoms with Crippen molar-refractivity contribution < 1.29 is 4.79 Å². The topological polar surface area (TPSA) is 59.3 Å². The van der Waals surface area contributed by atoms with Crippen molar-refractivity contribution in [2.24, 2.45) is 5.10 Å². The predicted octanol–water partition coefficient (Wildman–Crippen LogP) is 4.05. The first-order valence-corrected chi connectivity index (χ1v) is 8.88. The van der Waals surface area contributed by atoms with Crippen LogP contribution in [0.5, 0.6) is 0 Å². The molecule has 0 unspecified atom stereocenters. The number of rotatable bonds is 5. The van der Waals surface area contributed by atoms with Crippen LogP contribution in [0.2, 0.25) is 0 Å². The standard InChI is InChI=1S/C23H18N4O/c28-23(20-11-13-21(14-12-20)27-16-15-24-17-27)26-25-22(18-7-3-1-4-8-18)19-9-5-2-6-10-19/h1-17H,(H,26,28). The minimum atomic E-state index is -0.262.